The molecule has 0 fully saturated rings. The monoisotopic (exact) mass is 440 g/mol. The molecule has 3 aromatic rings. The molecule has 0 spiro atoms. The smallest absolute Gasteiger partial charge is 0.280 e. The van der Waals surface area contributed by atoms with Crippen LogP contribution in [0.15, 0.2) is 40.1 Å². The molecule has 2 aromatic heterocycles. The van der Waals surface area contributed by atoms with Crippen LogP contribution in [0.25, 0.3) is 0 Å². The molecule has 2 amide bonds. The van der Waals surface area contributed by atoms with E-state index in [2.05, 4.69) is 14.9 Å². The van der Waals surface area contributed by atoms with Gasteiger partial charge in [0.1, 0.15) is 11.5 Å². The maximum atomic E-state index is 13.6. The fraction of sp³-hybridized carbons (Fsp3) is 0.391. The molecule has 0 saturated heterocycles. The van der Waals surface area contributed by atoms with E-state index in [1.54, 1.807) is 24.4 Å². The summed E-state index contributed by atoms with van der Waals surface area (Å²) >= 11 is 1.09. The van der Waals surface area contributed by atoms with Gasteiger partial charge in [0.05, 0.1) is 0 Å². The lowest BCUT2D eigenvalue weighted by Gasteiger charge is -2.33. The number of nitrogens with one attached hydrogen (secondary N) is 1. The van der Waals surface area contributed by atoms with Crippen LogP contribution in [0.5, 0.6) is 0 Å². The zero-order chi connectivity index (χ0) is 22.8. The normalized spacial score (nSPS) is 12.5. The minimum atomic E-state index is -1.00. The van der Waals surface area contributed by atoms with Gasteiger partial charge in [-0.05, 0) is 88.0 Å². The molecule has 0 radical (unpaired) electrons. The molecule has 0 saturated carbocycles. The van der Waals surface area contributed by atoms with Crippen molar-refractivity contribution in [2.45, 2.75) is 59.5 Å². The van der Waals surface area contributed by atoms with Crippen LogP contribution >= 0.6 is 11.5 Å². The highest BCUT2D eigenvalue weighted by molar-refractivity contribution is 7.03. The Kier molecular flexibility index (Phi) is 6.59. The summed E-state index contributed by atoms with van der Waals surface area (Å²) in [5.41, 5.74) is 2.42. The van der Waals surface area contributed by atoms with E-state index in [1.807, 2.05) is 52.8 Å². The summed E-state index contributed by atoms with van der Waals surface area (Å²) in [5, 5.41) is 8.59. The van der Waals surface area contributed by atoms with Crippen LogP contribution in [0.2, 0.25) is 0 Å². The fourth-order valence-corrected chi connectivity index (χ4v) is 3.53. The Labute approximate surface area is 186 Å². The first kappa shape index (κ1) is 22.7. The molecule has 1 unspecified atom stereocenters. The Morgan fingerprint density at radius 3 is 2.45 bits per heavy atom. The Bertz CT molecular complexity index is 1070. The average molecular weight is 441 g/mol. The van der Waals surface area contributed by atoms with E-state index < -0.39 is 17.5 Å². The molecular formula is C23H28N4O3S. The summed E-state index contributed by atoms with van der Waals surface area (Å²) < 4.78 is 9.68. The van der Waals surface area contributed by atoms with Gasteiger partial charge in [-0.1, -0.05) is 17.5 Å². The van der Waals surface area contributed by atoms with Gasteiger partial charge in [-0.2, -0.15) is 0 Å². The summed E-state index contributed by atoms with van der Waals surface area (Å²) in [6, 6.07) is 8.18. The molecule has 7 nitrogen and oxygen atoms in total. The quantitative estimate of drug-likeness (QED) is 0.573. The summed E-state index contributed by atoms with van der Waals surface area (Å²) in [6.45, 7) is 11.7. The van der Waals surface area contributed by atoms with E-state index >= 15 is 0 Å². The largest absolute Gasteiger partial charge is 0.464 e. The van der Waals surface area contributed by atoms with Crippen molar-refractivity contribution in [3.8, 4) is 0 Å². The average Bonchev–Trinajstić information content (AvgIpc) is 3.39. The van der Waals surface area contributed by atoms with Crippen molar-refractivity contribution in [2.75, 3.05) is 4.90 Å². The number of hydrogen-bond acceptors (Lipinski definition) is 6. The Balaban J connectivity index is 2.17. The third-order valence-corrected chi connectivity index (χ3v) is 5.95. The summed E-state index contributed by atoms with van der Waals surface area (Å²) in [4.78, 5) is 28.6. The molecule has 2 heterocycles. The highest BCUT2D eigenvalue weighted by Crippen LogP contribution is 2.32. The Morgan fingerprint density at radius 2 is 1.90 bits per heavy atom. The summed E-state index contributed by atoms with van der Waals surface area (Å²) in [7, 11) is 0. The second-order valence-electron chi connectivity index (χ2n) is 8.31. The van der Waals surface area contributed by atoms with Crippen molar-refractivity contribution in [1.29, 1.82) is 0 Å². The lowest BCUT2D eigenvalue weighted by molar-refractivity contribution is -0.124. The van der Waals surface area contributed by atoms with Gasteiger partial charge in [-0.15, -0.1) is 5.10 Å². The number of carbonyl (C=O) groups is 2. The maximum absolute atomic E-state index is 13.6. The molecule has 0 aliphatic rings. The second kappa shape index (κ2) is 9.01. The zero-order valence-electron chi connectivity index (χ0n) is 18.7. The van der Waals surface area contributed by atoms with Gasteiger partial charge in [0.2, 0.25) is 0 Å². The zero-order valence-corrected chi connectivity index (χ0v) is 19.5. The van der Waals surface area contributed by atoms with Crippen LogP contribution in [0.3, 0.4) is 0 Å². The van der Waals surface area contributed by atoms with Gasteiger partial charge in [0.15, 0.2) is 11.7 Å². The Hall–Kier alpha value is -3.00. The number of anilines is 1. The van der Waals surface area contributed by atoms with Gasteiger partial charge in [-0.25, -0.2) is 0 Å². The SMILES string of the molecule is CCC(C)(C)NC(=O)C(c1ccc(C)o1)N(C(=O)c1csnn1)c1ccc(C)c(C)c1. The molecule has 8 heteroatoms. The standard InChI is InChI=1S/C23H28N4O3S/c1-7-23(5,6)24-21(28)20(19-11-9-16(4)30-19)27(22(29)18-13-31-26-25-18)17-10-8-14(2)15(3)12-17/h8-13,20H,7H2,1-6H3,(H,24,28). The molecule has 1 atom stereocenters. The first-order valence-electron chi connectivity index (χ1n) is 10.2. The highest BCUT2D eigenvalue weighted by atomic mass is 32.1. The minimum absolute atomic E-state index is 0.180. The topological polar surface area (TPSA) is 88.3 Å². The van der Waals surface area contributed by atoms with Crippen LogP contribution < -0.4 is 10.2 Å². The van der Waals surface area contributed by atoms with Crippen LogP contribution in [-0.2, 0) is 4.79 Å². The van der Waals surface area contributed by atoms with Crippen LogP contribution in [0.1, 0.15) is 66.4 Å². The number of nitrogens with zero attached hydrogens (tertiary/aromatic N) is 3. The molecule has 164 valence electrons. The van der Waals surface area contributed by atoms with Crippen molar-refractivity contribution in [2.24, 2.45) is 0 Å². The van der Waals surface area contributed by atoms with E-state index in [-0.39, 0.29) is 11.6 Å². The number of rotatable bonds is 7. The number of aryl methyl sites for hydroxylation is 3. The summed E-state index contributed by atoms with van der Waals surface area (Å²) in [5.74, 6) is 0.304. The molecule has 1 aromatic carbocycles. The van der Waals surface area contributed by atoms with Crippen molar-refractivity contribution in [1.82, 2.24) is 14.9 Å². The van der Waals surface area contributed by atoms with E-state index in [0.29, 0.717) is 17.2 Å². The number of aromatic nitrogens is 2. The predicted octanol–water partition coefficient (Wildman–Crippen LogP) is 4.75. The molecule has 0 aliphatic heterocycles. The number of carbonyl (C=O) groups excluding carboxylic acids is 2. The van der Waals surface area contributed by atoms with Gasteiger partial charge in [0, 0.05) is 16.6 Å². The minimum Gasteiger partial charge on any atom is -0.464 e. The van der Waals surface area contributed by atoms with E-state index in [4.69, 9.17) is 4.42 Å². The molecule has 1 N–H and O–H groups in total. The Morgan fingerprint density at radius 1 is 1.16 bits per heavy atom. The lowest BCUT2D eigenvalue weighted by Crippen LogP contribution is -2.50. The number of benzene rings is 1. The third kappa shape index (κ3) is 5.02. The maximum Gasteiger partial charge on any atom is 0.280 e. The first-order valence-corrected chi connectivity index (χ1v) is 11.0. The number of hydrogen-bond donors (Lipinski definition) is 1. The van der Waals surface area contributed by atoms with Crippen molar-refractivity contribution < 1.29 is 14.0 Å². The fourth-order valence-electron chi connectivity index (χ4n) is 3.10. The van der Waals surface area contributed by atoms with Gasteiger partial charge >= 0.3 is 0 Å². The molecule has 3 rings (SSSR count). The number of furan rings is 1. The van der Waals surface area contributed by atoms with Gasteiger partial charge in [-0.3, -0.25) is 14.5 Å². The molecule has 0 bridgehead atoms. The van der Waals surface area contributed by atoms with Gasteiger partial charge in [0.25, 0.3) is 11.8 Å². The van der Waals surface area contributed by atoms with E-state index in [9.17, 15) is 9.59 Å². The first-order chi connectivity index (χ1) is 14.6. The molecular weight excluding hydrogens is 412 g/mol. The second-order valence-corrected chi connectivity index (χ2v) is 8.92. The molecule has 0 aliphatic carbocycles. The van der Waals surface area contributed by atoms with Crippen LogP contribution in [0.4, 0.5) is 5.69 Å². The van der Waals surface area contributed by atoms with Crippen LogP contribution in [-0.4, -0.2) is 26.9 Å². The van der Waals surface area contributed by atoms with Crippen molar-refractivity contribution in [3.63, 3.8) is 0 Å². The van der Waals surface area contributed by atoms with E-state index in [1.165, 1.54) is 4.90 Å². The molecule has 31 heavy (non-hydrogen) atoms. The lowest BCUT2D eigenvalue weighted by atomic mass is 10.00. The third-order valence-electron chi connectivity index (χ3n) is 5.45. The van der Waals surface area contributed by atoms with Crippen molar-refractivity contribution in [3.05, 3.63) is 64.1 Å². The predicted molar refractivity (Wildman–Crippen MR) is 121 cm³/mol. The van der Waals surface area contributed by atoms with Gasteiger partial charge < -0.3 is 9.73 Å². The highest BCUT2D eigenvalue weighted by Gasteiger charge is 2.38. The van der Waals surface area contributed by atoms with E-state index in [0.717, 1.165) is 29.1 Å². The summed E-state index contributed by atoms with van der Waals surface area (Å²) in [6.07, 6.45) is 0.732. The van der Waals surface area contributed by atoms with Crippen molar-refractivity contribution >= 4 is 29.0 Å². The number of amides is 2. The van der Waals surface area contributed by atoms with Crippen LogP contribution in [0, 0.1) is 20.8 Å².